The van der Waals surface area contributed by atoms with Crippen LogP contribution in [0.3, 0.4) is 0 Å². The van der Waals surface area contributed by atoms with Gasteiger partial charge < -0.3 is 10.1 Å². The van der Waals surface area contributed by atoms with Gasteiger partial charge >= 0.3 is 0 Å². The Kier molecular flexibility index (Phi) is 3.96. The van der Waals surface area contributed by atoms with Gasteiger partial charge in [0, 0.05) is 22.5 Å². The van der Waals surface area contributed by atoms with Gasteiger partial charge in [-0.3, -0.25) is 4.79 Å². The number of rotatable bonds is 4. The van der Waals surface area contributed by atoms with Crippen LogP contribution in [0.1, 0.15) is 17.7 Å². The van der Waals surface area contributed by atoms with Crippen molar-refractivity contribution in [2.45, 2.75) is 19.8 Å². The van der Waals surface area contributed by atoms with E-state index >= 15 is 0 Å². The Morgan fingerprint density at radius 3 is 3.00 bits per heavy atom. The first-order valence-corrected chi connectivity index (χ1v) is 7.32. The number of hydrogen-bond acceptors (Lipinski definition) is 4. The topological polar surface area (TPSA) is 83.8 Å². The van der Waals surface area contributed by atoms with E-state index in [0.717, 1.165) is 22.2 Å². The molecule has 0 aliphatic heterocycles. The number of aromatic nitrogens is 4. The van der Waals surface area contributed by atoms with Gasteiger partial charge in [0.15, 0.2) is 0 Å². The number of aliphatic hydroxyl groups is 1. The predicted molar refractivity (Wildman–Crippen MR) is 84.6 cm³/mol. The molecular formula is C15H15ClN4O2. The summed E-state index contributed by atoms with van der Waals surface area (Å²) in [7, 11) is 0. The molecule has 0 spiro atoms. The molecular weight excluding hydrogens is 304 g/mol. The molecule has 0 amide bonds. The molecule has 2 N–H and O–H groups in total. The summed E-state index contributed by atoms with van der Waals surface area (Å²) < 4.78 is 1.47. The molecule has 0 aliphatic carbocycles. The molecule has 2 heterocycles. The molecule has 114 valence electrons. The van der Waals surface area contributed by atoms with Crippen molar-refractivity contribution >= 4 is 22.5 Å². The van der Waals surface area contributed by atoms with Crippen molar-refractivity contribution < 1.29 is 5.11 Å². The van der Waals surface area contributed by atoms with Gasteiger partial charge in [-0.25, -0.2) is 4.68 Å². The van der Waals surface area contributed by atoms with E-state index < -0.39 is 0 Å². The first kappa shape index (κ1) is 14.7. The normalized spacial score (nSPS) is 11.2. The Bertz CT molecular complexity index is 885. The number of aromatic amines is 1. The van der Waals surface area contributed by atoms with E-state index in [9.17, 15) is 4.79 Å². The average Bonchev–Trinajstić information content (AvgIpc) is 2.94. The molecule has 0 unspecified atom stereocenters. The highest BCUT2D eigenvalue weighted by Crippen LogP contribution is 2.23. The van der Waals surface area contributed by atoms with E-state index in [-0.39, 0.29) is 12.2 Å². The second-order valence-electron chi connectivity index (χ2n) is 5.10. The van der Waals surface area contributed by atoms with Gasteiger partial charge in [-0.2, -0.15) is 0 Å². The molecule has 0 bridgehead atoms. The molecule has 3 aromatic rings. The van der Waals surface area contributed by atoms with E-state index in [1.807, 2.05) is 13.0 Å². The Labute approximate surface area is 131 Å². The molecule has 3 rings (SSSR count). The van der Waals surface area contributed by atoms with Crippen LogP contribution in [-0.2, 0) is 6.42 Å². The number of hydrogen-bond donors (Lipinski definition) is 2. The lowest BCUT2D eigenvalue weighted by Gasteiger charge is -2.08. The van der Waals surface area contributed by atoms with Crippen LogP contribution in [0.2, 0.25) is 5.02 Å². The van der Waals surface area contributed by atoms with Crippen LogP contribution in [0.5, 0.6) is 0 Å². The number of benzene rings is 1. The summed E-state index contributed by atoms with van der Waals surface area (Å²) in [5.74, 6) is 0. The third-order valence-electron chi connectivity index (χ3n) is 3.57. The van der Waals surface area contributed by atoms with Crippen LogP contribution < -0.4 is 5.56 Å². The van der Waals surface area contributed by atoms with E-state index in [0.29, 0.717) is 23.6 Å². The van der Waals surface area contributed by atoms with Gasteiger partial charge in [0.25, 0.3) is 5.56 Å². The van der Waals surface area contributed by atoms with Gasteiger partial charge in [-0.05, 0) is 43.5 Å². The Morgan fingerprint density at radius 1 is 1.41 bits per heavy atom. The molecule has 22 heavy (non-hydrogen) atoms. The van der Waals surface area contributed by atoms with Crippen LogP contribution >= 0.6 is 11.6 Å². The standard InChI is InChI=1S/C15H15ClN4O2/c1-9-12-7-10(16)4-5-13(12)17-15(22)14(9)20-8-11(18-19-20)3-2-6-21/h4-5,7-8,21H,2-3,6H2,1H3,(H,17,22). The van der Waals surface area contributed by atoms with Crippen LogP contribution in [-0.4, -0.2) is 31.7 Å². The van der Waals surface area contributed by atoms with Crippen molar-refractivity contribution in [3.63, 3.8) is 0 Å². The summed E-state index contributed by atoms with van der Waals surface area (Å²) >= 11 is 6.04. The number of H-pyrrole nitrogens is 1. The van der Waals surface area contributed by atoms with E-state index in [1.54, 1.807) is 18.3 Å². The summed E-state index contributed by atoms with van der Waals surface area (Å²) in [6, 6.07) is 5.33. The Balaban J connectivity index is 2.14. The highest BCUT2D eigenvalue weighted by atomic mass is 35.5. The van der Waals surface area contributed by atoms with Gasteiger partial charge in [0.2, 0.25) is 0 Å². The van der Waals surface area contributed by atoms with Crippen molar-refractivity contribution in [1.82, 2.24) is 20.0 Å². The monoisotopic (exact) mass is 318 g/mol. The summed E-state index contributed by atoms with van der Waals surface area (Å²) in [6.45, 7) is 1.96. The minimum absolute atomic E-state index is 0.0982. The average molecular weight is 319 g/mol. The fraction of sp³-hybridized carbons (Fsp3) is 0.267. The number of aryl methyl sites for hydroxylation is 2. The number of aliphatic hydroxyl groups excluding tert-OH is 1. The second-order valence-corrected chi connectivity index (χ2v) is 5.54. The molecule has 0 saturated heterocycles. The minimum atomic E-state index is -0.231. The molecule has 0 aliphatic rings. The Morgan fingerprint density at radius 2 is 2.23 bits per heavy atom. The maximum absolute atomic E-state index is 12.3. The predicted octanol–water partition coefficient (Wildman–Crippen LogP) is 2.00. The zero-order chi connectivity index (χ0) is 15.7. The molecule has 0 radical (unpaired) electrons. The lowest BCUT2D eigenvalue weighted by Crippen LogP contribution is -2.17. The first-order valence-electron chi connectivity index (χ1n) is 6.95. The zero-order valence-electron chi connectivity index (χ0n) is 12.0. The fourth-order valence-corrected chi connectivity index (χ4v) is 2.65. The molecule has 0 atom stereocenters. The van der Waals surface area contributed by atoms with Crippen molar-refractivity contribution in [2.75, 3.05) is 6.61 Å². The number of nitrogens with zero attached hydrogens (tertiary/aromatic N) is 3. The molecule has 0 saturated carbocycles. The quantitative estimate of drug-likeness (QED) is 0.770. The maximum Gasteiger partial charge on any atom is 0.274 e. The van der Waals surface area contributed by atoms with E-state index in [1.165, 1.54) is 4.68 Å². The number of pyridine rings is 1. The zero-order valence-corrected chi connectivity index (χ0v) is 12.8. The number of fused-ring (bicyclic) bond motifs is 1. The van der Waals surface area contributed by atoms with Crippen molar-refractivity contribution in [3.05, 3.63) is 51.0 Å². The minimum Gasteiger partial charge on any atom is -0.396 e. The maximum atomic E-state index is 12.3. The van der Waals surface area contributed by atoms with Crippen molar-refractivity contribution in [1.29, 1.82) is 0 Å². The largest absolute Gasteiger partial charge is 0.396 e. The van der Waals surface area contributed by atoms with Gasteiger partial charge in [0.05, 0.1) is 11.9 Å². The highest BCUT2D eigenvalue weighted by molar-refractivity contribution is 6.31. The number of nitrogens with one attached hydrogen (secondary N) is 1. The van der Waals surface area contributed by atoms with Gasteiger partial charge in [0.1, 0.15) is 5.69 Å². The summed E-state index contributed by atoms with van der Waals surface area (Å²) in [5.41, 5.74) is 2.46. The van der Waals surface area contributed by atoms with E-state index in [2.05, 4.69) is 15.3 Å². The molecule has 6 nitrogen and oxygen atoms in total. The van der Waals surface area contributed by atoms with Crippen LogP contribution in [0.4, 0.5) is 0 Å². The lowest BCUT2D eigenvalue weighted by molar-refractivity contribution is 0.288. The van der Waals surface area contributed by atoms with Gasteiger partial charge in [-0.1, -0.05) is 16.8 Å². The van der Waals surface area contributed by atoms with Crippen LogP contribution in [0.25, 0.3) is 16.6 Å². The number of halogens is 1. The highest BCUT2D eigenvalue weighted by Gasteiger charge is 2.13. The SMILES string of the molecule is Cc1c(-n2cc(CCCO)nn2)c(=O)[nH]c2ccc(Cl)cc12. The first-order chi connectivity index (χ1) is 10.6. The molecule has 1 aromatic carbocycles. The third kappa shape index (κ3) is 2.63. The molecule has 2 aromatic heterocycles. The van der Waals surface area contributed by atoms with Crippen molar-refractivity contribution in [2.24, 2.45) is 0 Å². The van der Waals surface area contributed by atoms with Crippen molar-refractivity contribution in [3.8, 4) is 5.69 Å². The molecule has 0 fully saturated rings. The Hall–Kier alpha value is -2.18. The van der Waals surface area contributed by atoms with E-state index in [4.69, 9.17) is 16.7 Å². The summed E-state index contributed by atoms with van der Waals surface area (Å²) in [6.07, 6.45) is 2.94. The summed E-state index contributed by atoms with van der Waals surface area (Å²) in [4.78, 5) is 15.2. The van der Waals surface area contributed by atoms with Gasteiger partial charge in [-0.15, -0.1) is 5.10 Å². The lowest BCUT2D eigenvalue weighted by atomic mass is 10.1. The third-order valence-corrected chi connectivity index (χ3v) is 3.80. The van der Waals surface area contributed by atoms with Crippen LogP contribution in [0, 0.1) is 6.92 Å². The van der Waals surface area contributed by atoms with Crippen LogP contribution in [0.15, 0.2) is 29.2 Å². The fourth-order valence-electron chi connectivity index (χ4n) is 2.47. The smallest absolute Gasteiger partial charge is 0.274 e. The second kappa shape index (κ2) is 5.90. The summed E-state index contributed by atoms with van der Waals surface area (Å²) in [5, 5.41) is 18.4. The molecule has 7 heteroatoms.